The lowest BCUT2D eigenvalue weighted by molar-refractivity contribution is 0.0697. The van der Waals surface area contributed by atoms with Crippen molar-refractivity contribution in [3.8, 4) is 45.3 Å². The molecule has 0 aliphatic heterocycles. The van der Waals surface area contributed by atoms with Gasteiger partial charge in [0.15, 0.2) is 0 Å². The molecule has 0 aliphatic carbocycles. The molecule has 7 nitrogen and oxygen atoms in total. The third-order valence-corrected chi connectivity index (χ3v) is 9.45. The van der Waals surface area contributed by atoms with E-state index >= 15 is 4.39 Å². The SMILES string of the molecule is COc1cc(-c2c(-c3cccc(-c4ccc(C(=O)O)cc4Cl)c3)n(Sc3ccc(C(F)F)cc3)c3ccc(F)cc23)c2c(C#N)cnn2c1. The molecule has 0 amide bonds. The van der Waals surface area contributed by atoms with E-state index in [9.17, 15) is 23.9 Å². The first-order chi connectivity index (χ1) is 23.7. The number of carboxylic acid groups (broad SMARTS) is 1. The Balaban J connectivity index is 1.56. The minimum absolute atomic E-state index is 0.0414. The van der Waals surface area contributed by atoms with Gasteiger partial charge in [0.05, 0.1) is 47.4 Å². The van der Waals surface area contributed by atoms with Crippen LogP contribution in [0.5, 0.6) is 5.75 Å². The van der Waals surface area contributed by atoms with Gasteiger partial charge in [-0.05, 0) is 72.1 Å². The first-order valence-electron chi connectivity index (χ1n) is 14.7. The highest BCUT2D eigenvalue weighted by atomic mass is 35.5. The third-order valence-electron chi connectivity index (χ3n) is 8.09. The number of rotatable bonds is 8. The molecule has 0 aliphatic rings. The first kappa shape index (κ1) is 31.9. The third kappa shape index (κ3) is 5.75. The first-order valence-corrected chi connectivity index (χ1v) is 15.8. The van der Waals surface area contributed by atoms with E-state index in [1.807, 2.05) is 28.2 Å². The van der Waals surface area contributed by atoms with Crippen molar-refractivity contribution >= 4 is 45.9 Å². The lowest BCUT2D eigenvalue weighted by Crippen LogP contribution is -1.97. The number of hydrogen-bond donors (Lipinski definition) is 1. The largest absolute Gasteiger partial charge is 0.495 e. The molecule has 4 aromatic carbocycles. The Morgan fingerprint density at radius 2 is 1.78 bits per heavy atom. The van der Waals surface area contributed by atoms with Crippen molar-refractivity contribution in [3.63, 3.8) is 0 Å². The van der Waals surface area contributed by atoms with Gasteiger partial charge in [-0.25, -0.2) is 22.5 Å². The Morgan fingerprint density at radius 3 is 2.47 bits per heavy atom. The molecule has 1 N–H and O–H groups in total. The van der Waals surface area contributed by atoms with Gasteiger partial charge in [0.2, 0.25) is 0 Å². The van der Waals surface area contributed by atoms with E-state index in [4.69, 9.17) is 16.3 Å². The molecule has 12 heteroatoms. The fraction of sp³-hybridized carbons (Fsp3) is 0.0541. The maximum absolute atomic E-state index is 15.1. The maximum atomic E-state index is 15.1. The van der Waals surface area contributed by atoms with Crippen LogP contribution in [0.3, 0.4) is 0 Å². The van der Waals surface area contributed by atoms with Crippen molar-refractivity contribution in [2.24, 2.45) is 0 Å². The monoisotopic (exact) mass is 694 g/mol. The molecule has 0 saturated carbocycles. The summed E-state index contributed by atoms with van der Waals surface area (Å²) in [4.78, 5) is 12.2. The van der Waals surface area contributed by atoms with Crippen LogP contribution in [-0.4, -0.2) is 31.8 Å². The van der Waals surface area contributed by atoms with Crippen molar-refractivity contribution < 1.29 is 27.8 Å². The van der Waals surface area contributed by atoms with Gasteiger partial charge in [0, 0.05) is 43.1 Å². The van der Waals surface area contributed by atoms with Gasteiger partial charge in [-0.1, -0.05) is 48.0 Å². The average molecular weight is 695 g/mol. The highest BCUT2D eigenvalue weighted by Gasteiger charge is 2.26. The Bertz CT molecular complexity index is 2470. The summed E-state index contributed by atoms with van der Waals surface area (Å²) in [6.45, 7) is 0. The van der Waals surface area contributed by atoms with Gasteiger partial charge >= 0.3 is 5.97 Å². The lowest BCUT2D eigenvalue weighted by Gasteiger charge is -2.15. The normalized spacial score (nSPS) is 11.4. The van der Waals surface area contributed by atoms with Gasteiger partial charge in [-0.15, -0.1) is 0 Å². The van der Waals surface area contributed by atoms with Gasteiger partial charge in [-0.3, -0.25) is 3.97 Å². The molecule has 0 fully saturated rings. The minimum Gasteiger partial charge on any atom is -0.495 e. The number of halogens is 4. The summed E-state index contributed by atoms with van der Waals surface area (Å²) in [7, 11) is 1.51. The van der Waals surface area contributed by atoms with E-state index in [1.165, 1.54) is 66.2 Å². The Kier molecular flexibility index (Phi) is 8.28. The van der Waals surface area contributed by atoms with Crippen LogP contribution < -0.4 is 4.74 Å². The summed E-state index contributed by atoms with van der Waals surface area (Å²) in [5.41, 5.74) is 4.94. The standard InChI is InChI=1S/C37H22ClF3N4O3S/c1-48-26-16-30(34-24(17-42)18-43-44(34)19-26)33-29-15-25(39)8-12-32(29)45(49-27-9-5-20(6-10-27)36(40)41)35(33)22-4-2-3-21(13-22)28-11-7-23(37(46)47)14-31(28)38/h2-16,18-19,36H,1H3,(H,46,47). The zero-order valence-electron chi connectivity index (χ0n) is 25.4. The molecule has 0 saturated heterocycles. The average Bonchev–Trinajstić information content (AvgIpc) is 3.66. The molecule has 0 spiro atoms. The second kappa shape index (κ2) is 12.7. The van der Waals surface area contributed by atoms with Gasteiger partial charge < -0.3 is 9.84 Å². The quantitative estimate of drug-likeness (QED) is 0.170. The molecular weight excluding hydrogens is 673 g/mol. The summed E-state index contributed by atoms with van der Waals surface area (Å²) < 4.78 is 51.0. The molecule has 0 unspecified atom stereocenters. The highest BCUT2D eigenvalue weighted by Crippen LogP contribution is 2.48. The second-order valence-corrected chi connectivity index (χ2v) is 12.4. The van der Waals surface area contributed by atoms with Crippen molar-refractivity contribution in [1.29, 1.82) is 5.26 Å². The number of aromatic nitrogens is 3. The number of fused-ring (bicyclic) bond motifs is 2. The van der Waals surface area contributed by atoms with E-state index < -0.39 is 18.2 Å². The van der Waals surface area contributed by atoms with Gasteiger partial charge in [-0.2, -0.15) is 10.4 Å². The number of ether oxygens (including phenoxy) is 1. The van der Waals surface area contributed by atoms with Gasteiger partial charge in [0.25, 0.3) is 6.43 Å². The molecule has 49 heavy (non-hydrogen) atoms. The second-order valence-electron chi connectivity index (χ2n) is 11.0. The minimum atomic E-state index is -2.63. The number of carbonyl (C=O) groups is 1. The highest BCUT2D eigenvalue weighted by molar-refractivity contribution is 7.98. The topological polar surface area (TPSA) is 92.5 Å². The zero-order valence-corrected chi connectivity index (χ0v) is 26.9. The van der Waals surface area contributed by atoms with Crippen LogP contribution in [0, 0.1) is 17.1 Å². The van der Waals surface area contributed by atoms with Crippen molar-refractivity contribution in [2.75, 3.05) is 7.11 Å². The van der Waals surface area contributed by atoms with E-state index in [0.29, 0.717) is 60.6 Å². The Morgan fingerprint density at radius 1 is 1.00 bits per heavy atom. The van der Waals surface area contributed by atoms with Crippen LogP contribution in [-0.2, 0) is 0 Å². The summed E-state index contributed by atoms with van der Waals surface area (Å²) in [6.07, 6.45) is 0.457. The smallest absolute Gasteiger partial charge is 0.335 e. The molecule has 3 aromatic heterocycles. The fourth-order valence-electron chi connectivity index (χ4n) is 5.84. The Hall–Kier alpha value is -5.70. The number of carboxylic acids is 1. The zero-order chi connectivity index (χ0) is 34.4. The summed E-state index contributed by atoms with van der Waals surface area (Å²) in [5.74, 6) is -1.16. The number of pyridine rings is 1. The van der Waals surface area contributed by atoms with E-state index in [0.717, 1.165) is 0 Å². The van der Waals surface area contributed by atoms with Crippen LogP contribution in [0.15, 0.2) is 108 Å². The van der Waals surface area contributed by atoms with Crippen LogP contribution in [0.1, 0.15) is 27.9 Å². The Labute approximate surface area is 286 Å². The van der Waals surface area contributed by atoms with Crippen molar-refractivity contribution in [1.82, 2.24) is 13.6 Å². The molecule has 7 rings (SSSR count). The van der Waals surface area contributed by atoms with E-state index in [-0.39, 0.29) is 21.7 Å². The molecule has 3 heterocycles. The number of hydrogen-bond acceptors (Lipinski definition) is 5. The van der Waals surface area contributed by atoms with Crippen LogP contribution in [0.4, 0.5) is 13.2 Å². The summed E-state index contributed by atoms with van der Waals surface area (Å²) in [5, 5.41) is 24.6. The lowest BCUT2D eigenvalue weighted by atomic mass is 9.95. The number of nitriles is 1. The van der Waals surface area contributed by atoms with Gasteiger partial charge in [0.1, 0.15) is 17.6 Å². The van der Waals surface area contributed by atoms with E-state index in [2.05, 4.69) is 11.2 Å². The maximum Gasteiger partial charge on any atom is 0.335 e. The number of aromatic carboxylic acids is 1. The number of methoxy groups -OCH3 is 1. The predicted octanol–water partition coefficient (Wildman–Crippen LogP) is 10.2. The number of nitrogens with zero attached hydrogens (tertiary/aromatic N) is 4. The molecule has 7 aromatic rings. The van der Waals surface area contributed by atoms with Crippen LogP contribution >= 0.6 is 23.5 Å². The van der Waals surface area contributed by atoms with E-state index in [1.54, 1.807) is 36.5 Å². The van der Waals surface area contributed by atoms with Crippen LogP contribution in [0.25, 0.3) is 49.9 Å². The van der Waals surface area contributed by atoms with Crippen LogP contribution in [0.2, 0.25) is 5.02 Å². The fourth-order valence-corrected chi connectivity index (χ4v) is 7.14. The summed E-state index contributed by atoms with van der Waals surface area (Å²) >= 11 is 7.84. The number of alkyl halides is 2. The predicted molar refractivity (Wildman–Crippen MR) is 183 cm³/mol. The molecule has 0 atom stereocenters. The number of benzene rings is 4. The summed E-state index contributed by atoms with van der Waals surface area (Å²) in [6, 6.07) is 26.2. The molecule has 242 valence electrons. The van der Waals surface area contributed by atoms with Crippen molar-refractivity contribution in [3.05, 3.63) is 131 Å². The molecular formula is C37H22ClF3N4O3S. The molecule has 0 bridgehead atoms. The molecule has 0 radical (unpaired) electrons. The van der Waals surface area contributed by atoms with Crippen molar-refractivity contribution in [2.45, 2.75) is 11.3 Å².